The fourth-order valence-corrected chi connectivity index (χ4v) is 4.39. The molecule has 0 fully saturated rings. The molecule has 1 unspecified atom stereocenters. The summed E-state index contributed by atoms with van der Waals surface area (Å²) in [6.45, 7) is 4.11. The van der Waals surface area contributed by atoms with E-state index in [2.05, 4.69) is 27.6 Å². The van der Waals surface area contributed by atoms with Crippen LogP contribution in [0.4, 0.5) is 4.39 Å². The van der Waals surface area contributed by atoms with Crippen molar-refractivity contribution in [1.29, 1.82) is 0 Å². The molecule has 1 atom stereocenters. The second kappa shape index (κ2) is 8.10. The van der Waals surface area contributed by atoms with Crippen molar-refractivity contribution < 1.29 is 12.8 Å². The smallest absolute Gasteiger partial charge is 0.208 e. The molecule has 20 heavy (non-hydrogen) atoms. The first-order chi connectivity index (χ1) is 9.40. The quantitative estimate of drug-likeness (QED) is 0.749. The van der Waals surface area contributed by atoms with Gasteiger partial charge >= 0.3 is 0 Å². The van der Waals surface area contributed by atoms with Crippen molar-refractivity contribution in [2.75, 3.05) is 0 Å². The first-order valence-corrected chi connectivity index (χ1v) is 9.15. The van der Waals surface area contributed by atoms with E-state index < -0.39 is 15.8 Å². The number of rotatable bonds is 8. The second-order valence-corrected chi connectivity index (χ2v) is 7.36. The fourth-order valence-electron chi connectivity index (χ4n) is 2.04. The lowest BCUT2D eigenvalue weighted by Crippen LogP contribution is -2.35. The van der Waals surface area contributed by atoms with Crippen molar-refractivity contribution >= 4 is 26.0 Å². The number of sulfonamides is 1. The standard InChI is InChI=1S/C14H21BrFNO2S/c1-3-5-7-12(6-4-2)17-20(18,19)14-9-8-11(16)10-13(14)15/h8-10,12,17H,3-7H2,1-2H3. The maximum atomic E-state index is 13.0. The third-order valence-corrected chi connectivity index (χ3v) is 5.55. The summed E-state index contributed by atoms with van der Waals surface area (Å²) >= 11 is 3.11. The molecule has 0 radical (unpaired) electrons. The number of benzene rings is 1. The van der Waals surface area contributed by atoms with E-state index in [-0.39, 0.29) is 15.4 Å². The van der Waals surface area contributed by atoms with E-state index in [1.165, 1.54) is 6.07 Å². The van der Waals surface area contributed by atoms with Gasteiger partial charge in [-0.2, -0.15) is 0 Å². The van der Waals surface area contributed by atoms with Crippen LogP contribution in [0.25, 0.3) is 0 Å². The van der Waals surface area contributed by atoms with Gasteiger partial charge in [-0.15, -0.1) is 0 Å². The number of nitrogens with one attached hydrogen (secondary N) is 1. The highest BCUT2D eigenvalue weighted by Gasteiger charge is 2.21. The first kappa shape index (κ1) is 17.6. The Bertz CT molecular complexity index is 534. The van der Waals surface area contributed by atoms with Gasteiger partial charge in [-0.25, -0.2) is 17.5 Å². The Balaban J connectivity index is 2.91. The SMILES string of the molecule is CCCCC(CCC)NS(=O)(=O)c1ccc(F)cc1Br. The van der Waals surface area contributed by atoms with Gasteiger partial charge in [0.15, 0.2) is 0 Å². The number of halogens is 2. The molecule has 0 amide bonds. The van der Waals surface area contributed by atoms with Crippen LogP contribution in [0.15, 0.2) is 27.6 Å². The minimum absolute atomic E-state index is 0.0677. The molecule has 0 aliphatic rings. The van der Waals surface area contributed by atoms with Gasteiger partial charge in [-0.3, -0.25) is 0 Å². The molecule has 1 rings (SSSR count). The molecule has 0 heterocycles. The number of hydrogen-bond acceptors (Lipinski definition) is 2. The highest BCUT2D eigenvalue weighted by Crippen LogP contribution is 2.23. The van der Waals surface area contributed by atoms with E-state index in [0.717, 1.165) is 44.2 Å². The Labute approximate surface area is 129 Å². The van der Waals surface area contributed by atoms with Crippen LogP contribution in [0.2, 0.25) is 0 Å². The number of hydrogen-bond donors (Lipinski definition) is 1. The molecular weight excluding hydrogens is 345 g/mol. The van der Waals surface area contributed by atoms with Crippen molar-refractivity contribution in [3.05, 3.63) is 28.5 Å². The van der Waals surface area contributed by atoms with Crippen molar-refractivity contribution in [3.8, 4) is 0 Å². The van der Waals surface area contributed by atoms with Crippen LogP contribution in [0.5, 0.6) is 0 Å². The molecule has 1 N–H and O–H groups in total. The monoisotopic (exact) mass is 365 g/mol. The normalized spacial score (nSPS) is 13.4. The van der Waals surface area contributed by atoms with Crippen LogP contribution in [0.1, 0.15) is 46.0 Å². The molecule has 0 saturated heterocycles. The summed E-state index contributed by atoms with van der Waals surface area (Å²) in [4.78, 5) is 0.0801. The van der Waals surface area contributed by atoms with E-state index >= 15 is 0 Å². The molecule has 0 aromatic heterocycles. The summed E-state index contributed by atoms with van der Waals surface area (Å²) in [5.74, 6) is -0.466. The zero-order valence-corrected chi connectivity index (χ0v) is 14.2. The molecule has 1 aromatic carbocycles. The van der Waals surface area contributed by atoms with E-state index in [1.807, 2.05) is 6.92 Å². The van der Waals surface area contributed by atoms with Crippen LogP contribution in [0.3, 0.4) is 0 Å². The van der Waals surface area contributed by atoms with Gasteiger partial charge in [0, 0.05) is 10.5 Å². The summed E-state index contributed by atoms with van der Waals surface area (Å²) in [7, 11) is -3.62. The van der Waals surface area contributed by atoms with Crippen molar-refractivity contribution in [1.82, 2.24) is 4.72 Å². The van der Waals surface area contributed by atoms with Crippen molar-refractivity contribution in [3.63, 3.8) is 0 Å². The van der Waals surface area contributed by atoms with Crippen molar-refractivity contribution in [2.24, 2.45) is 0 Å². The highest BCUT2D eigenvalue weighted by molar-refractivity contribution is 9.10. The lowest BCUT2D eigenvalue weighted by atomic mass is 10.1. The number of unbranched alkanes of at least 4 members (excludes halogenated alkanes) is 1. The van der Waals surface area contributed by atoms with Gasteiger partial charge in [-0.1, -0.05) is 33.1 Å². The van der Waals surface area contributed by atoms with Gasteiger partial charge in [0.1, 0.15) is 5.82 Å². The largest absolute Gasteiger partial charge is 0.241 e. The van der Waals surface area contributed by atoms with Gasteiger partial charge < -0.3 is 0 Å². The minimum atomic E-state index is -3.62. The third-order valence-electron chi connectivity index (χ3n) is 3.05. The van der Waals surface area contributed by atoms with Gasteiger partial charge in [0.05, 0.1) is 4.90 Å². The molecule has 114 valence electrons. The second-order valence-electron chi connectivity index (χ2n) is 4.82. The molecule has 0 saturated carbocycles. The van der Waals surface area contributed by atoms with E-state index in [1.54, 1.807) is 0 Å². The lowest BCUT2D eigenvalue weighted by molar-refractivity contribution is 0.483. The topological polar surface area (TPSA) is 46.2 Å². The van der Waals surface area contributed by atoms with Crippen LogP contribution in [0, 0.1) is 5.82 Å². The molecule has 0 spiro atoms. The summed E-state index contributed by atoms with van der Waals surface area (Å²) in [6.07, 6.45) is 4.56. The van der Waals surface area contributed by atoms with E-state index in [4.69, 9.17) is 0 Å². The maximum Gasteiger partial charge on any atom is 0.241 e. The van der Waals surface area contributed by atoms with Crippen molar-refractivity contribution in [2.45, 2.75) is 56.9 Å². The minimum Gasteiger partial charge on any atom is -0.208 e. The van der Waals surface area contributed by atoms with Crippen LogP contribution < -0.4 is 4.72 Å². The average molecular weight is 366 g/mol. The fraction of sp³-hybridized carbons (Fsp3) is 0.571. The predicted molar refractivity (Wildman–Crippen MR) is 82.6 cm³/mol. The zero-order chi connectivity index (χ0) is 15.2. The van der Waals surface area contributed by atoms with E-state index in [9.17, 15) is 12.8 Å². The Morgan fingerprint density at radius 1 is 1.25 bits per heavy atom. The first-order valence-electron chi connectivity index (χ1n) is 6.88. The van der Waals surface area contributed by atoms with E-state index in [0.29, 0.717) is 0 Å². The molecule has 0 aliphatic heterocycles. The molecule has 1 aromatic rings. The molecule has 0 bridgehead atoms. The van der Waals surface area contributed by atoms with Gasteiger partial charge in [-0.05, 0) is 47.0 Å². The third kappa shape index (κ3) is 5.14. The summed E-state index contributed by atoms with van der Waals surface area (Å²) in [6, 6.07) is 3.53. The molecule has 3 nitrogen and oxygen atoms in total. The Kier molecular flexibility index (Phi) is 7.12. The molecule has 0 aliphatic carbocycles. The highest BCUT2D eigenvalue weighted by atomic mass is 79.9. The predicted octanol–water partition coefficient (Wildman–Crippen LogP) is 4.23. The summed E-state index contributed by atoms with van der Waals surface area (Å²) < 4.78 is 40.7. The average Bonchev–Trinajstić information content (AvgIpc) is 2.35. The maximum absolute atomic E-state index is 13.0. The van der Waals surface area contributed by atoms with Crippen LogP contribution in [-0.4, -0.2) is 14.5 Å². The van der Waals surface area contributed by atoms with Gasteiger partial charge in [0.2, 0.25) is 10.0 Å². The lowest BCUT2D eigenvalue weighted by Gasteiger charge is -2.18. The Hall–Kier alpha value is -0.460. The zero-order valence-electron chi connectivity index (χ0n) is 11.8. The Morgan fingerprint density at radius 2 is 1.95 bits per heavy atom. The molecule has 6 heteroatoms. The summed E-state index contributed by atoms with van der Waals surface area (Å²) in [5, 5.41) is 0. The summed E-state index contributed by atoms with van der Waals surface area (Å²) in [5.41, 5.74) is 0. The molecular formula is C14H21BrFNO2S. The van der Waals surface area contributed by atoms with Crippen LogP contribution >= 0.6 is 15.9 Å². The Morgan fingerprint density at radius 3 is 2.50 bits per heavy atom. The van der Waals surface area contributed by atoms with Gasteiger partial charge in [0.25, 0.3) is 0 Å². The van der Waals surface area contributed by atoms with Crippen LogP contribution in [-0.2, 0) is 10.0 Å².